The second kappa shape index (κ2) is 11.4. The number of aliphatic hydroxyl groups is 4. The number of aliphatic hydroxyl groups excluding tert-OH is 4. The minimum Gasteiger partial charge on any atom is -0.394 e. The molecule has 0 aromatic carbocycles. The van der Waals surface area contributed by atoms with Crippen molar-refractivity contribution in [2.45, 2.75) is 102 Å². The lowest BCUT2D eigenvalue weighted by molar-refractivity contribution is -0.366. The van der Waals surface area contributed by atoms with Crippen LogP contribution in [0, 0.1) is 0 Å². The second-order valence-electron chi connectivity index (χ2n) is 6.80. The van der Waals surface area contributed by atoms with E-state index in [1.165, 1.54) is 0 Å². The minimum atomic E-state index is -1.39. The highest BCUT2D eigenvalue weighted by molar-refractivity contribution is 4.97. The molecule has 24 heavy (non-hydrogen) atoms. The first-order chi connectivity index (χ1) is 11.5. The van der Waals surface area contributed by atoms with Gasteiger partial charge < -0.3 is 29.9 Å². The number of hydrogen-bond donors (Lipinski definition) is 4. The van der Waals surface area contributed by atoms with Gasteiger partial charge in [0, 0.05) is 6.42 Å². The van der Waals surface area contributed by atoms with Crippen molar-refractivity contribution in [2.24, 2.45) is 0 Å². The van der Waals surface area contributed by atoms with Crippen LogP contribution in [-0.2, 0) is 9.47 Å². The molecule has 0 radical (unpaired) electrons. The summed E-state index contributed by atoms with van der Waals surface area (Å²) in [5, 5.41) is 40.0. The first-order valence-corrected chi connectivity index (χ1v) is 9.49. The Morgan fingerprint density at radius 3 is 2.08 bits per heavy atom. The molecule has 6 nitrogen and oxygen atoms in total. The van der Waals surface area contributed by atoms with E-state index in [0.29, 0.717) is 13.0 Å². The Balaban J connectivity index is 2.73. The van der Waals surface area contributed by atoms with Crippen LogP contribution in [0.15, 0.2) is 0 Å². The number of ether oxygens (including phenoxy) is 2. The fourth-order valence-corrected chi connectivity index (χ4v) is 3.18. The van der Waals surface area contributed by atoms with Crippen LogP contribution < -0.4 is 0 Å². The average molecular weight is 348 g/mol. The third-order valence-corrected chi connectivity index (χ3v) is 4.76. The maximum absolute atomic E-state index is 10.5. The molecule has 0 aromatic heterocycles. The molecule has 144 valence electrons. The predicted molar refractivity (Wildman–Crippen MR) is 91.6 cm³/mol. The summed E-state index contributed by atoms with van der Waals surface area (Å²) in [6.07, 6.45) is 3.51. The van der Waals surface area contributed by atoms with E-state index < -0.39 is 36.8 Å². The maximum atomic E-state index is 10.5. The molecule has 1 saturated heterocycles. The van der Waals surface area contributed by atoms with Crippen LogP contribution in [-0.4, -0.2) is 63.8 Å². The summed E-state index contributed by atoms with van der Waals surface area (Å²) in [4.78, 5) is 0. The van der Waals surface area contributed by atoms with Gasteiger partial charge in [0.2, 0.25) is 0 Å². The first kappa shape index (κ1) is 21.8. The van der Waals surface area contributed by atoms with Gasteiger partial charge in [-0.3, -0.25) is 0 Å². The highest BCUT2D eigenvalue weighted by Gasteiger charge is 2.53. The SMILES string of the molecule is CCCCCCO[C@@]1(CCCCCC)O[C@H](CO)[C@H](O)[C@H](O)[C@H]1O. The Bertz CT molecular complexity index is 325. The van der Waals surface area contributed by atoms with Crippen molar-refractivity contribution in [1.82, 2.24) is 0 Å². The molecule has 1 heterocycles. The van der Waals surface area contributed by atoms with Gasteiger partial charge in [0.25, 0.3) is 0 Å². The number of unbranched alkanes of at least 4 members (excludes halogenated alkanes) is 6. The monoisotopic (exact) mass is 348 g/mol. The summed E-state index contributed by atoms with van der Waals surface area (Å²) >= 11 is 0. The molecule has 6 heteroatoms. The van der Waals surface area contributed by atoms with Crippen molar-refractivity contribution < 1.29 is 29.9 Å². The van der Waals surface area contributed by atoms with Crippen LogP contribution in [0.1, 0.15) is 71.6 Å². The molecule has 0 aromatic rings. The fraction of sp³-hybridized carbons (Fsp3) is 1.00. The Morgan fingerprint density at radius 1 is 0.875 bits per heavy atom. The molecule has 0 saturated carbocycles. The van der Waals surface area contributed by atoms with E-state index in [9.17, 15) is 20.4 Å². The lowest BCUT2D eigenvalue weighted by Crippen LogP contribution is -2.66. The maximum Gasteiger partial charge on any atom is 0.197 e. The molecule has 0 unspecified atom stereocenters. The van der Waals surface area contributed by atoms with E-state index in [4.69, 9.17) is 9.47 Å². The minimum absolute atomic E-state index is 0.422. The van der Waals surface area contributed by atoms with E-state index in [1.54, 1.807) is 0 Å². The van der Waals surface area contributed by atoms with Crippen LogP contribution in [0.2, 0.25) is 0 Å². The van der Waals surface area contributed by atoms with Gasteiger partial charge in [0.15, 0.2) is 5.79 Å². The second-order valence-corrected chi connectivity index (χ2v) is 6.80. The van der Waals surface area contributed by atoms with Gasteiger partial charge in [-0.05, 0) is 12.8 Å². The van der Waals surface area contributed by atoms with Gasteiger partial charge in [-0.2, -0.15) is 0 Å². The number of hydrogen-bond acceptors (Lipinski definition) is 6. The van der Waals surface area contributed by atoms with Crippen LogP contribution >= 0.6 is 0 Å². The van der Waals surface area contributed by atoms with E-state index in [1.807, 2.05) is 0 Å². The van der Waals surface area contributed by atoms with Crippen molar-refractivity contribution in [1.29, 1.82) is 0 Å². The fourth-order valence-electron chi connectivity index (χ4n) is 3.18. The van der Waals surface area contributed by atoms with Gasteiger partial charge in [0.05, 0.1) is 13.2 Å². The Labute approximate surface area is 145 Å². The Morgan fingerprint density at radius 2 is 1.50 bits per heavy atom. The van der Waals surface area contributed by atoms with Gasteiger partial charge >= 0.3 is 0 Å². The molecule has 4 N–H and O–H groups in total. The van der Waals surface area contributed by atoms with Gasteiger partial charge in [-0.25, -0.2) is 0 Å². The summed E-state index contributed by atoms with van der Waals surface area (Å²) in [7, 11) is 0. The van der Waals surface area contributed by atoms with Crippen molar-refractivity contribution in [2.75, 3.05) is 13.2 Å². The molecule has 0 bridgehead atoms. The lowest BCUT2D eigenvalue weighted by Gasteiger charge is -2.48. The highest BCUT2D eigenvalue weighted by Crippen LogP contribution is 2.35. The average Bonchev–Trinajstić information content (AvgIpc) is 2.59. The van der Waals surface area contributed by atoms with E-state index in [-0.39, 0.29) is 0 Å². The largest absolute Gasteiger partial charge is 0.394 e. The molecule has 1 fully saturated rings. The van der Waals surface area contributed by atoms with Crippen LogP contribution in [0.5, 0.6) is 0 Å². The molecule has 0 amide bonds. The zero-order valence-corrected chi connectivity index (χ0v) is 15.2. The third kappa shape index (κ3) is 5.93. The van der Waals surface area contributed by atoms with Gasteiger partial charge in [-0.1, -0.05) is 52.4 Å². The lowest BCUT2D eigenvalue weighted by atomic mass is 9.89. The smallest absolute Gasteiger partial charge is 0.197 e. The summed E-state index contributed by atoms with van der Waals surface area (Å²) in [5.41, 5.74) is 0. The molecule has 1 aliphatic heterocycles. The summed E-state index contributed by atoms with van der Waals surface area (Å²) < 4.78 is 11.7. The first-order valence-electron chi connectivity index (χ1n) is 9.49. The Hall–Kier alpha value is -0.240. The standard InChI is InChI=1S/C18H36O6/c1-3-5-7-9-11-18(23-12-10-8-6-4-2)17(22)16(21)15(20)14(13-19)24-18/h14-17,19-22H,3-13H2,1-2H3/t14-,15+,16+,17-,18+/m1/s1. The zero-order chi connectivity index (χ0) is 18.0. The van der Waals surface area contributed by atoms with E-state index >= 15 is 0 Å². The van der Waals surface area contributed by atoms with Crippen molar-refractivity contribution >= 4 is 0 Å². The number of rotatable bonds is 12. The van der Waals surface area contributed by atoms with Crippen molar-refractivity contribution in [3.05, 3.63) is 0 Å². The normalized spacial score (nSPS) is 33.8. The van der Waals surface area contributed by atoms with Crippen LogP contribution in [0.25, 0.3) is 0 Å². The summed E-state index contributed by atoms with van der Waals surface area (Å²) in [5.74, 6) is -1.36. The molecular formula is C18H36O6. The molecule has 1 aliphatic rings. The summed E-state index contributed by atoms with van der Waals surface area (Å²) in [6, 6.07) is 0. The van der Waals surface area contributed by atoms with Crippen LogP contribution in [0.3, 0.4) is 0 Å². The predicted octanol–water partition coefficient (Wildman–Crippen LogP) is 1.72. The molecule has 5 atom stereocenters. The topological polar surface area (TPSA) is 99.4 Å². The molecular weight excluding hydrogens is 312 g/mol. The van der Waals surface area contributed by atoms with E-state index in [0.717, 1.165) is 51.4 Å². The van der Waals surface area contributed by atoms with Gasteiger partial charge in [0.1, 0.15) is 24.4 Å². The Kier molecular flexibility index (Phi) is 10.3. The quantitative estimate of drug-likeness (QED) is 0.401. The van der Waals surface area contributed by atoms with Crippen molar-refractivity contribution in [3.63, 3.8) is 0 Å². The highest BCUT2D eigenvalue weighted by atomic mass is 16.7. The van der Waals surface area contributed by atoms with E-state index in [2.05, 4.69) is 13.8 Å². The van der Waals surface area contributed by atoms with Crippen molar-refractivity contribution in [3.8, 4) is 0 Å². The van der Waals surface area contributed by atoms with Crippen LogP contribution in [0.4, 0.5) is 0 Å². The van der Waals surface area contributed by atoms with Gasteiger partial charge in [-0.15, -0.1) is 0 Å². The molecule has 1 rings (SSSR count). The molecule has 0 spiro atoms. The third-order valence-electron chi connectivity index (χ3n) is 4.76. The molecule has 0 aliphatic carbocycles. The zero-order valence-electron chi connectivity index (χ0n) is 15.2. The summed E-state index contributed by atoms with van der Waals surface area (Å²) in [6.45, 7) is 4.24.